The number of carbonyl (C=O) groups excluding carboxylic acids is 1. The molecule has 0 spiro atoms. The van der Waals surface area contributed by atoms with Gasteiger partial charge in [0.25, 0.3) is 5.91 Å². The Morgan fingerprint density at radius 1 is 1.22 bits per heavy atom. The van der Waals surface area contributed by atoms with Crippen LogP contribution in [0.15, 0.2) is 23.1 Å². The van der Waals surface area contributed by atoms with Gasteiger partial charge in [0, 0.05) is 19.3 Å². The van der Waals surface area contributed by atoms with E-state index in [1.165, 1.54) is 23.7 Å². The highest BCUT2D eigenvalue weighted by molar-refractivity contribution is 7.90. The first-order chi connectivity index (χ1) is 12.7. The van der Waals surface area contributed by atoms with Crippen molar-refractivity contribution in [2.24, 2.45) is 0 Å². The van der Waals surface area contributed by atoms with Crippen molar-refractivity contribution in [3.05, 3.63) is 28.8 Å². The second-order valence-electron chi connectivity index (χ2n) is 6.35. The number of hydrogen-bond donors (Lipinski definition) is 0. The summed E-state index contributed by atoms with van der Waals surface area (Å²) in [5.41, 5.74) is 1.24. The van der Waals surface area contributed by atoms with Gasteiger partial charge in [0.2, 0.25) is 0 Å². The molecule has 8 nitrogen and oxygen atoms in total. The molecule has 0 bridgehead atoms. The maximum Gasteiger partial charge on any atom is 0.273 e. The lowest BCUT2D eigenvalue weighted by Gasteiger charge is -2.21. The molecule has 0 aliphatic heterocycles. The zero-order valence-electron chi connectivity index (χ0n) is 15.3. The maximum absolute atomic E-state index is 13.1. The number of carbonyl (C=O) groups is 1. The third-order valence-electron chi connectivity index (χ3n) is 3.87. The second kappa shape index (κ2) is 7.58. The zero-order chi connectivity index (χ0) is 19.8. The van der Waals surface area contributed by atoms with Crippen molar-refractivity contribution in [1.82, 2.24) is 19.5 Å². The number of nitrogens with zero attached hydrogens (tertiary/aromatic N) is 5. The molecule has 2 aromatic heterocycles. The van der Waals surface area contributed by atoms with Gasteiger partial charge in [0.1, 0.15) is 4.88 Å². The third-order valence-corrected chi connectivity index (χ3v) is 6.84. The van der Waals surface area contributed by atoms with E-state index in [1.54, 1.807) is 24.0 Å². The van der Waals surface area contributed by atoms with Crippen LogP contribution in [0.3, 0.4) is 0 Å². The van der Waals surface area contributed by atoms with Gasteiger partial charge < -0.3 is 4.90 Å². The van der Waals surface area contributed by atoms with E-state index in [0.29, 0.717) is 34.3 Å². The number of sulfone groups is 1. The number of amides is 1. The Balaban J connectivity index is 2.03. The van der Waals surface area contributed by atoms with E-state index in [9.17, 15) is 13.2 Å². The molecule has 0 unspecified atom stereocenters. The molecule has 11 heteroatoms. The Hall–Kier alpha value is -1.95. The van der Waals surface area contributed by atoms with Gasteiger partial charge in [-0.3, -0.25) is 9.69 Å². The zero-order valence-corrected chi connectivity index (χ0v) is 17.8. The predicted octanol–water partition coefficient (Wildman–Crippen LogP) is 2.07. The Bertz CT molecular complexity index is 1090. The normalized spacial score (nSPS) is 12.0. The van der Waals surface area contributed by atoms with Crippen LogP contribution in [0.1, 0.15) is 15.4 Å². The van der Waals surface area contributed by atoms with Crippen molar-refractivity contribution in [2.45, 2.75) is 11.8 Å². The number of rotatable bonds is 6. The molecule has 0 aliphatic rings. The number of benzene rings is 1. The van der Waals surface area contributed by atoms with Crippen molar-refractivity contribution >= 4 is 54.0 Å². The summed E-state index contributed by atoms with van der Waals surface area (Å²) in [6.45, 7) is 2.85. The van der Waals surface area contributed by atoms with E-state index >= 15 is 0 Å². The van der Waals surface area contributed by atoms with Gasteiger partial charge in [-0.2, -0.15) is 0 Å². The van der Waals surface area contributed by atoms with Gasteiger partial charge in [-0.25, -0.2) is 13.4 Å². The molecule has 144 valence electrons. The molecule has 0 atom stereocenters. The molecule has 0 radical (unpaired) electrons. The van der Waals surface area contributed by atoms with Crippen LogP contribution in [0.2, 0.25) is 0 Å². The first-order valence-electron chi connectivity index (χ1n) is 8.03. The number of anilines is 1. The molecule has 0 aliphatic carbocycles. The average molecular weight is 426 g/mol. The van der Waals surface area contributed by atoms with Crippen molar-refractivity contribution in [1.29, 1.82) is 0 Å². The van der Waals surface area contributed by atoms with E-state index in [4.69, 9.17) is 0 Å². The molecular weight excluding hydrogens is 406 g/mol. The second-order valence-corrected chi connectivity index (χ2v) is 10.1. The molecule has 3 rings (SSSR count). The lowest BCUT2D eigenvalue weighted by Crippen LogP contribution is -2.36. The molecule has 1 amide bonds. The average Bonchev–Trinajstić information content (AvgIpc) is 3.18. The van der Waals surface area contributed by atoms with E-state index in [2.05, 4.69) is 14.6 Å². The molecule has 27 heavy (non-hydrogen) atoms. The minimum Gasteiger partial charge on any atom is -0.308 e. The molecule has 0 saturated carbocycles. The monoisotopic (exact) mass is 425 g/mol. The molecule has 0 saturated heterocycles. The van der Waals surface area contributed by atoms with Crippen LogP contribution in [-0.2, 0) is 9.84 Å². The highest BCUT2D eigenvalue weighted by atomic mass is 32.2. The number of aromatic nitrogens is 3. The van der Waals surface area contributed by atoms with E-state index in [0.717, 1.165) is 16.2 Å². The maximum atomic E-state index is 13.1. The predicted molar refractivity (Wildman–Crippen MR) is 108 cm³/mol. The van der Waals surface area contributed by atoms with Crippen LogP contribution in [-0.4, -0.2) is 67.2 Å². The fourth-order valence-corrected chi connectivity index (χ4v) is 4.73. The fourth-order valence-electron chi connectivity index (χ4n) is 2.37. The highest BCUT2D eigenvalue weighted by Crippen LogP contribution is 2.32. The minimum atomic E-state index is -3.31. The summed E-state index contributed by atoms with van der Waals surface area (Å²) < 4.78 is 28.2. The van der Waals surface area contributed by atoms with Crippen molar-refractivity contribution in [3.8, 4) is 0 Å². The van der Waals surface area contributed by atoms with Gasteiger partial charge in [0.05, 0.1) is 20.8 Å². The Morgan fingerprint density at radius 2 is 1.96 bits per heavy atom. The van der Waals surface area contributed by atoms with Gasteiger partial charge in [-0.1, -0.05) is 15.8 Å². The topological polar surface area (TPSA) is 96.4 Å². The molecular formula is C16H19N5O3S3. The van der Waals surface area contributed by atoms with Crippen LogP contribution >= 0.6 is 22.9 Å². The largest absolute Gasteiger partial charge is 0.308 e. The van der Waals surface area contributed by atoms with Gasteiger partial charge in [0.15, 0.2) is 15.0 Å². The highest BCUT2D eigenvalue weighted by Gasteiger charge is 2.25. The van der Waals surface area contributed by atoms with Crippen molar-refractivity contribution in [3.63, 3.8) is 0 Å². The summed E-state index contributed by atoms with van der Waals surface area (Å²) in [6, 6.07) is 4.80. The van der Waals surface area contributed by atoms with E-state index in [-0.39, 0.29) is 10.8 Å². The van der Waals surface area contributed by atoms with Crippen LogP contribution in [0.25, 0.3) is 10.2 Å². The summed E-state index contributed by atoms with van der Waals surface area (Å²) >= 11 is 2.35. The number of hydrogen-bond acceptors (Lipinski definition) is 9. The summed E-state index contributed by atoms with van der Waals surface area (Å²) in [5, 5.41) is 4.44. The molecule has 3 aromatic rings. The SMILES string of the molecule is Cc1nnsc1C(=O)N(CCN(C)C)c1nc2ccc(S(C)(=O)=O)cc2s1. The van der Waals surface area contributed by atoms with Gasteiger partial charge in [-0.15, -0.1) is 5.10 Å². The van der Waals surface area contributed by atoms with Crippen molar-refractivity contribution in [2.75, 3.05) is 38.3 Å². The quantitative estimate of drug-likeness (QED) is 0.596. The summed E-state index contributed by atoms with van der Waals surface area (Å²) in [7, 11) is 0.552. The number of fused-ring (bicyclic) bond motifs is 1. The van der Waals surface area contributed by atoms with E-state index < -0.39 is 9.84 Å². The Morgan fingerprint density at radius 3 is 2.56 bits per heavy atom. The molecule has 0 fully saturated rings. The molecule has 0 N–H and O–H groups in total. The molecule has 2 heterocycles. The van der Waals surface area contributed by atoms with Gasteiger partial charge >= 0.3 is 0 Å². The fraction of sp³-hybridized carbons (Fsp3) is 0.375. The summed E-state index contributed by atoms with van der Waals surface area (Å²) in [4.78, 5) is 21.9. The third kappa shape index (κ3) is 4.32. The van der Waals surface area contributed by atoms with Gasteiger partial charge in [-0.05, 0) is 50.8 Å². The summed E-state index contributed by atoms with van der Waals surface area (Å²) in [5.74, 6) is -0.202. The van der Waals surface area contributed by atoms with Crippen LogP contribution < -0.4 is 4.90 Å². The standard InChI is InChI=1S/C16H19N5O3S3/c1-10-14(26-19-18-10)15(22)21(8-7-20(2)3)16-17-12-6-5-11(27(4,23)24)9-13(12)25-16/h5-6,9H,7-8H2,1-4H3. The van der Waals surface area contributed by atoms with E-state index in [1.807, 2.05) is 19.0 Å². The number of likely N-dealkylation sites (N-methyl/N-ethyl adjacent to an activating group) is 1. The minimum absolute atomic E-state index is 0.202. The van der Waals surface area contributed by atoms with Crippen molar-refractivity contribution < 1.29 is 13.2 Å². The number of thiazole rings is 1. The van der Waals surface area contributed by atoms with Crippen LogP contribution in [0.4, 0.5) is 5.13 Å². The van der Waals surface area contributed by atoms with Crippen LogP contribution in [0, 0.1) is 6.92 Å². The first kappa shape index (κ1) is 19.8. The number of aryl methyl sites for hydroxylation is 1. The Labute approximate surface area is 165 Å². The lowest BCUT2D eigenvalue weighted by molar-refractivity contribution is 0.0988. The lowest BCUT2D eigenvalue weighted by atomic mass is 10.3. The Kier molecular flexibility index (Phi) is 5.56. The first-order valence-corrected chi connectivity index (χ1v) is 11.5. The summed E-state index contributed by atoms with van der Waals surface area (Å²) in [6.07, 6.45) is 1.17. The smallest absolute Gasteiger partial charge is 0.273 e. The van der Waals surface area contributed by atoms with Crippen LogP contribution in [0.5, 0.6) is 0 Å². The molecule has 1 aromatic carbocycles.